The summed E-state index contributed by atoms with van der Waals surface area (Å²) in [5, 5.41) is 75.9. The molecular weight excluding hydrogens is 1760 g/mol. The van der Waals surface area contributed by atoms with Crippen molar-refractivity contribution in [2.75, 3.05) is 7.11 Å². The van der Waals surface area contributed by atoms with Gasteiger partial charge in [0.2, 0.25) is 0 Å². The van der Waals surface area contributed by atoms with Crippen LogP contribution in [0.15, 0.2) is 175 Å². The number of nitrogens with zero attached hydrogens (tertiary/aromatic N) is 8. The van der Waals surface area contributed by atoms with Crippen LogP contribution in [0.1, 0.15) is 273 Å². The summed E-state index contributed by atoms with van der Waals surface area (Å²) in [6, 6.07) is 38.1. The first-order valence-electron chi connectivity index (χ1n) is 44.2. The maximum Gasteiger partial charge on any atom is 0.421 e. The summed E-state index contributed by atoms with van der Waals surface area (Å²) in [6.45, 7) is 2.80. The van der Waals surface area contributed by atoms with Crippen LogP contribution >= 0.6 is 22.7 Å². The molecule has 8 aliphatic rings. The van der Waals surface area contributed by atoms with Gasteiger partial charge in [-0.2, -0.15) is 57.9 Å². The number of carbonyl (C=O) groups is 5. The zero-order valence-electron chi connectivity index (χ0n) is 73.1. The van der Waals surface area contributed by atoms with Crippen molar-refractivity contribution in [2.45, 2.75) is 306 Å². The van der Waals surface area contributed by atoms with Gasteiger partial charge in [0.15, 0.2) is 22.4 Å². The van der Waals surface area contributed by atoms with Gasteiger partial charge in [0.25, 0.3) is 23.6 Å². The molecule has 0 aliphatic heterocycles. The van der Waals surface area contributed by atoms with Crippen LogP contribution in [0.25, 0.3) is 0 Å². The molecule has 16 rings (SSSR count). The molecule has 8 fully saturated rings. The van der Waals surface area contributed by atoms with E-state index in [4.69, 9.17) is 4.74 Å². The van der Waals surface area contributed by atoms with Crippen molar-refractivity contribution in [3.8, 4) is 6.07 Å². The SMILES string of the molecule is COC(=O)C1(c2ccccc2)CCC(N(C(=O)c2ccc([C@](C)(O)C(F)(F)F)cc2)C2CC2)CC1.C[C@](O)(c1ccc(C(=O)N(C2CC2)C2CCC(CC#N)(c3ccccn3)CC2)cc1)C(F)(F)F.C[C@](O)(c1ccc(C(=O)N(C2CC2)C2CCC(O)(c3nccs3)CC2)cc1)C(F)(F)F.C[C@](O)(c1ccc(C(=O)N(C2CC2)C2CCC(O)(c3nccs3)CC2)cc1)C(F)(F)F. The summed E-state index contributed by atoms with van der Waals surface area (Å²) >= 11 is 2.84. The van der Waals surface area contributed by atoms with E-state index in [9.17, 15) is 113 Å². The third-order valence-electron chi connectivity index (χ3n) is 27.7. The number of benzene rings is 5. The first-order valence-corrected chi connectivity index (χ1v) is 46.0. The van der Waals surface area contributed by atoms with Crippen LogP contribution in [0, 0.1) is 11.3 Å². The molecule has 704 valence electrons. The number of pyridine rings is 1. The number of aromatic nitrogens is 3. The Morgan fingerprint density at radius 1 is 0.382 bits per heavy atom. The number of nitriles is 1. The van der Waals surface area contributed by atoms with Gasteiger partial charge in [-0.15, -0.1) is 22.7 Å². The van der Waals surface area contributed by atoms with Crippen LogP contribution in [0.5, 0.6) is 0 Å². The van der Waals surface area contributed by atoms with E-state index in [-0.39, 0.29) is 111 Å². The topological polar surface area (TPSA) is 291 Å². The Labute approximate surface area is 759 Å². The summed E-state index contributed by atoms with van der Waals surface area (Å²) in [7, 11) is 1.39. The number of halogens is 12. The number of hydrogen-bond acceptors (Lipinski definition) is 18. The van der Waals surface area contributed by atoms with E-state index in [1.54, 1.807) is 18.6 Å². The lowest BCUT2D eigenvalue weighted by Gasteiger charge is -2.42. The molecule has 8 saturated carbocycles. The summed E-state index contributed by atoms with van der Waals surface area (Å²) in [5.41, 5.74) is -13.2. The highest BCUT2D eigenvalue weighted by Gasteiger charge is 2.57. The Kier molecular flexibility index (Phi) is 29.2. The van der Waals surface area contributed by atoms with Crippen LogP contribution in [0.2, 0.25) is 0 Å². The average Bonchev–Trinajstić information content (AvgIpc) is 0.936. The van der Waals surface area contributed by atoms with E-state index in [1.807, 2.05) is 78.9 Å². The minimum absolute atomic E-state index is 0.00786. The van der Waals surface area contributed by atoms with Crippen LogP contribution in [-0.4, -0.2) is 175 Å². The maximum atomic E-state index is 13.5. The predicted octanol–water partition coefficient (Wildman–Crippen LogP) is 19.1. The molecule has 8 aromatic rings. The van der Waals surface area contributed by atoms with Crippen LogP contribution < -0.4 is 0 Å². The van der Waals surface area contributed by atoms with Crippen molar-refractivity contribution in [1.82, 2.24) is 34.6 Å². The fourth-order valence-corrected chi connectivity index (χ4v) is 20.3. The lowest BCUT2D eigenvalue weighted by atomic mass is 9.68. The highest BCUT2D eigenvalue weighted by atomic mass is 32.1. The molecule has 4 amide bonds. The van der Waals surface area contributed by atoms with Crippen LogP contribution in [0.4, 0.5) is 52.7 Å². The molecule has 0 saturated heterocycles. The second kappa shape index (κ2) is 38.7. The third kappa shape index (κ3) is 21.4. The van der Waals surface area contributed by atoms with Gasteiger partial charge in [0.05, 0.1) is 18.6 Å². The Balaban J connectivity index is 0.000000149. The maximum absolute atomic E-state index is 13.5. The monoisotopic (exact) mass is 1870 g/mol. The Hall–Kier alpha value is -9.73. The first kappa shape index (κ1) is 98.8. The zero-order valence-corrected chi connectivity index (χ0v) is 74.7. The van der Waals surface area contributed by atoms with Crippen molar-refractivity contribution >= 4 is 52.3 Å². The second-order valence-electron chi connectivity index (χ2n) is 36.8. The lowest BCUT2D eigenvalue weighted by molar-refractivity contribution is -0.259. The largest absolute Gasteiger partial charge is 0.468 e. The number of amides is 4. The molecule has 0 unspecified atom stereocenters. The van der Waals surface area contributed by atoms with Gasteiger partial charge in [0.1, 0.15) is 21.2 Å². The Bertz CT molecular complexity index is 5090. The van der Waals surface area contributed by atoms with Gasteiger partial charge in [-0.25, -0.2) is 9.97 Å². The van der Waals surface area contributed by atoms with Crippen molar-refractivity contribution in [2.24, 2.45) is 0 Å². The van der Waals surface area contributed by atoms with E-state index in [1.165, 1.54) is 90.4 Å². The fourth-order valence-electron chi connectivity index (χ4n) is 18.7. The van der Waals surface area contributed by atoms with Crippen molar-refractivity contribution in [1.29, 1.82) is 5.26 Å². The summed E-state index contributed by atoms with van der Waals surface area (Å²) in [4.78, 5) is 86.6. The molecule has 0 radical (unpaired) electrons. The van der Waals surface area contributed by atoms with Crippen LogP contribution in [0.3, 0.4) is 0 Å². The number of methoxy groups -OCH3 is 1. The molecule has 4 atom stereocenters. The Morgan fingerprint density at radius 2 is 0.649 bits per heavy atom. The minimum atomic E-state index is -4.83. The van der Waals surface area contributed by atoms with Crippen molar-refractivity contribution < 1.29 is 112 Å². The van der Waals surface area contributed by atoms with E-state index >= 15 is 0 Å². The van der Waals surface area contributed by atoms with Crippen molar-refractivity contribution in [3.05, 3.63) is 241 Å². The van der Waals surface area contributed by atoms with Crippen LogP contribution in [-0.2, 0) is 54.0 Å². The highest BCUT2D eigenvalue weighted by molar-refractivity contribution is 7.10. The minimum Gasteiger partial charge on any atom is -0.468 e. The summed E-state index contributed by atoms with van der Waals surface area (Å²) in [6.07, 6.45) is 3.23. The molecule has 131 heavy (non-hydrogen) atoms. The molecule has 8 aliphatic carbocycles. The number of rotatable bonds is 22. The van der Waals surface area contributed by atoms with Gasteiger partial charge < -0.3 is 55.0 Å². The van der Waals surface area contributed by atoms with Gasteiger partial charge >= 0.3 is 30.7 Å². The molecular formula is C97H108F12N8O12S2. The average molecular weight is 1870 g/mol. The summed E-state index contributed by atoms with van der Waals surface area (Å²) in [5.74, 6) is -1.15. The molecule has 3 aromatic heterocycles. The highest BCUT2D eigenvalue weighted by Crippen LogP contribution is 2.51. The normalized spacial score (nSPS) is 25.4. The quantitative estimate of drug-likeness (QED) is 0.0271. The fraction of sp³-hybridized carbons (Fsp3) is 0.515. The Morgan fingerprint density at radius 3 is 0.885 bits per heavy atom. The molecule has 5 aromatic carbocycles. The number of alkyl halides is 12. The number of hydrogen-bond donors (Lipinski definition) is 6. The second-order valence-corrected chi connectivity index (χ2v) is 38.6. The smallest absolute Gasteiger partial charge is 0.421 e. The predicted molar refractivity (Wildman–Crippen MR) is 462 cm³/mol. The molecule has 0 bridgehead atoms. The molecule has 3 heterocycles. The standard InChI is InChI=1S/C27H30F3NO4.C26H28F3N3O2.2C22H25F3N2O3S/c1-25(34,27(28,29)30)19-10-8-18(9-11-19)23(32)31(21-12-13-21)22-14-16-26(17-15-22,24(33)35-2)20-6-4-3-5-7-20;1-24(34,26(27,28)29)19-7-5-18(6-8-19)23(33)32(20-9-10-20)21-11-13-25(14-12-21,15-16-30)22-4-2-3-17-31-22;2*1-20(29,22(23,24)25)15-4-2-14(3-5-15)18(28)27(16-6-7-16)17-8-10-21(30,11-9-17)19-26-12-13-31-19/h3-11,21-22,34H,12-17H2,1-2H3;2-8,17,20-21,34H,9-15H2,1H3;2*2-5,12-13,16-17,29-30H,6-11H2,1H3/t22?,25-,26?;21?,24-,25?;2*17?,20-,21?/m0000/s1. The molecule has 6 N–H and O–H groups in total. The van der Waals surface area contributed by atoms with E-state index in [0.29, 0.717) is 138 Å². The molecule has 0 spiro atoms. The summed E-state index contributed by atoms with van der Waals surface area (Å²) < 4.78 is 163. The van der Waals surface area contributed by atoms with E-state index in [2.05, 4.69) is 21.0 Å². The number of thiazole rings is 2. The van der Waals surface area contributed by atoms with Gasteiger partial charge in [-0.05, 0) is 270 Å². The molecule has 34 heteroatoms. The first-order chi connectivity index (χ1) is 61.7. The number of aliphatic hydroxyl groups is 6. The number of ether oxygens (including phenoxy) is 1. The van der Waals surface area contributed by atoms with Gasteiger partial charge in [0, 0.05) is 117 Å². The molecule has 20 nitrogen and oxygen atoms in total. The van der Waals surface area contributed by atoms with Crippen molar-refractivity contribution in [3.63, 3.8) is 0 Å². The number of carbonyl (C=O) groups excluding carboxylic acids is 5. The van der Waals surface area contributed by atoms with Gasteiger partial charge in [-0.1, -0.05) is 84.9 Å². The number of esters is 1. The third-order valence-corrected chi connectivity index (χ3v) is 29.7. The zero-order chi connectivity index (χ0) is 94.9. The van der Waals surface area contributed by atoms with Gasteiger partial charge in [-0.3, -0.25) is 29.0 Å². The lowest BCUT2D eigenvalue weighted by Crippen LogP contribution is -2.49. The van der Waals surface area contributed by atoms with E-state index in [0.717, 1.165) is 125 Å². The van der Waals surface area contributed by atoms with E-state index < -0.39 is 63.7 Å².